The Morgan fingerprint density at radius 1 is 1.06 bits per heavy atom. The monoisotopic (exact) mass is 415 g/mol. The molecule has 0 atom stereocenters. The molecule has 3 aromatic carbocycles. The van der Waals surface area contributed by atoms with Gasteiger partial charge in [-0.15, -0.1) is 0 Å². The van der Waals surface area contributed by atoms with Crippen molar-refractivity contribution in [2.45, 2.75) is 13.5 Å². The third kappa shape index (κ3) is 4.64. The number of aromatic nitrogens is 2. The van der Waals surface area contributed by atoms with Crippen LogP contribution in [0.3, 0.4) is 0 Å². The van der Waals surface area contributed by atoms with Gasteiger partial charge in [0.2, 0.25) is 0 Å². The molecule has 0 fully saturated rings. The first-order valence-corrected chi connectivity index (χ1v) is 9.87. The van der Waals surface area contributed by atoms with Crippen LogP contribution in [0.4, 0.5) is 10.1 Å². The lowest BCUT2D eigenvalue weighted by Gasteiger charge is -2.09. The molecule has 4 aromatic rings. The summed E-state index contributed by atoms with van der Waals surface area (Å²) in [5.74, 6) is -0.0382. The number of benzene rings is 3. The molecular weight excluding hydrogens is 393 g/mol. The second-order valence-electron chi connectivity index (χ2n) is 7.22. The Kier molecular flexibility index (Phi) is 5.80. The van der Waals surface area contributed by atoms with Crippen molar-refractivity contribution in [2.75, 3.05) is 12.4 Å². The number of methoxy groups -OCH3 is 1. The number of carbonyl (C=O) groups is 1. The number of rotatable bonds is 6. The van der Waals surface area contributed by atoms with Gasteiger partial charge in [-0.2, -0.15) is 5.10 Å². The SMILES string of the molecule is COc1ccc(-c2nn(Cc3ccccc3)cc2C(=O)Nc2cc(F)ccc2C)cc1. The first-order chi connectivity index (χ1) is 15.0. The van der Waals surface area contributed by atoms with Gasteiger partial charge in [0, 0.05) is 17.4 Å². The third-order valence-corrected chi connectivity index (χ3v) is 5.00. The Labute approximate surface area is 180 Å². The average Bonchev–Trinajstić information content (AvgIpc) is 3.21. The maximum absolute atomic E-state index is 13.7. The van der Waals surface area contributed by atoms with Gasteiger partial charge in [0.05, 0.1) is 19.2 Å². The largest absolute Gasteiger partial charge is 0.497 e. The molecule has 0 unspecified atom stereocenters. The number of anilines is 1. The number of carbonyl (C=O) groups excluding carboxylic acids is 1. The summed E-state index contributed by atoms with van der Waals surface area (Å²) in [6.45, 7) is 2.34. The highest BCUT2D eigenvalue weighted by molar-refractivity contribution is 6.08. The smallest absolute Gasteiger partial charge is 0.259 e. The van der Waals surface area contributed by atoms with Crippen molar-refractivity contribution in [3.63, 3.8) is 0 Å². The summed E-state index contributed by atoms with van der Waals surface area (Å²) in [4.78, 5) is 13.1. The Morgan fingerprint density at radius 3 is 2.52 bits per heavy atom. The van der Waals surface area contributed by atoms with Crippen LogP contribution in [0.2, 0.25) is 0 Å². The first kappa shape index (κ1) is 20.3. The summed E-state index contributed by atoms with van der Waals surface area (Å²) in [6, 6.07) is 21.6. The topological polar surface area (TPSA) is 56.2 Å². The predicted molar refractivity (Wildman–Crippen MR) is 119 cm³/mol. The molecule has 5 nitrogen and oxygen atoms in total. The zero-order chi connectivity index (χ0) is 21.8. The number of halogens is 1. The van der Waals surface area contributed by atoms with Gasteiger partial charge < -0.3 is 10.1 Å². The van der Waals surface area contributed by atoms with Gasteiger partial charge in [-0.25, -0.2) is 4.39 Å². The van der Waals surface area contributed by atoms with Crippen molar-refractivity contribution >= 4 is 11.6 Å². The number of ether oxygens (including phenoxy) is 1. The van der Waals surface area contributed by atoms with E-state index < -0.39 is 5.82 Å². The van der Waals surface area contributed by atoms with Gasteiger partial charge in [0.25, 0.3) is 5.91 Å². The van der Waals surface area contributed by atoms with Crippen molar-refractivity contribution in [1.82, 2.24) is 9.78 Å². The van der Waals surface area contributed by atoms with E-state index >= 15 is 0 Å². The van der Waals surface area contributed by atoms with E-state index in [0.29, 0.717) is 29.2 Å². The molecule has 0 aliphatic heterocycles. The molecule has 1 amide bonds. The Hall–Kier alpha value is -3.93. The van der Waals surface area contributed by atoms with Gasteiger partial charge in [-0.1, -0.05) is 36.4 Å². The molecule has 1 heterocycles. The minimum atomic E-state index is -0.406. The molecule has 0 spiro atoms. The zero-order valence-electron chi connectivity index (χ0n) is 17.3. The van der Waals surface area contributed by atoms with Crippen LogP contribution in [0.1, 0.15) is 21.5 Å². The number of nitrogens with zero attached hydrogens (tertiary/aromatic N) is 2. The molecule has 0 bridgehead atoms. The van der Waals surface area contributed by atoms with E-state index in [1.54, 1.807) is 24.1 Å². The maximum Gasteiger partial charge on any atom is 0.259 e. The summed E-state index contributed by atoms with van der Waals surface area (Å²) >= 11 is 0. The Morgan fingerprint density at radius 2 is 1.81 bits per heavy atom. The standard InChI is InChI=1S/C25H22FN3O2/c1-17-8-11-20(26)14-23(17)27-25(30)22-16-29(15-18-6-4-3-5-7-18)28-24(22)19-9-12-21(31-2)13-10-19/h3-14,16H,15H2,1-2H3,(H,27,30). The highest BCUT2D eigenvalue weighted by Crippen LogP contribution is 2.26. The van der Waals surface area contributed by atoms with E-state index in [1.165, 1.54) is 12.1 Å². The minimum Gasteiger partial charge on any atom is -0.497 e. The fraction of sp³-hybridized carbons (Fsp3) is 0.120. The van der Waals surface area contributed by atoms with Gasteiger partial charge >= 0.3 is 0 Å². The van der Waals surface area contributed by atoms with Crippen molar-refractivity contribution in [3.05, 3.63) is 102 Å². The van der Waals surface area contributed by atoms with Crippen LogP contribution in [0.5, 0.6) is 5.75 Å². The molecule has 4 rings (SSSR count). The summed E-state index contributed by atoms with van der Waals surface area (Å²) < 4.78 is 20.7. The number of hydrogen-bond donors (Lipinski definition) is 1. The first-order valence-electron chi connectivity index (χ1n) is 9.87. The second-order valence-corrected chi connectivity index (χ2v) is 7.22. The van der Waals surface area contributed by atoms with E-state index in [0.717, 1.165) is 16.7 Å². The molecule has 0 radical (unpaired) electrons. The van der Waals surface area contributed by atoms with Gasteiger partial charge in [0.15, 0.2) is 0 Å². The molecule has 0 saturated heterocycles. The van der Waals surface area contributed by atoms with Crippen LogP contribution in [0, 0.1) is 12.7 Å². The molecule has 6 heteroatoms. The third-order valence-electron chi connectivity index (χ3n) is 5.00. The van der Waals surface area contributed by atoms with Crippen molar-refractivity contribution < 1.29 is 13.9 Å². The van der Waals surface area contributed by atoms with Gasteiger partial charge in [-0.05, 0) is 54.4 Å². The molecule has 156 valence electrons. The molecule has 1 N–H and O–H groups in total. The quantitative estimate of drug-likeness (QED) is 0.465. The van der Waals surface area contributed by atoms with E-state index in [2.05, 4.69) is 10.4 Å². The minimum absolute atomic E-state index is 0.348. The van der Waals surface area contributed by atoms with Crippen LogP contribution in [-0.4, -0.2) is 22.8 Å². The van der Waals surface area contributed by atoms with Crippen molar-refractivity contribution in [2.24, 2.45) is 0 Å². The fourth-order valence-corrected chi connectivity index (χ4v) is 3.32. The van der Waals surface area contributed by atoms with Crippen LogP contribution >= 0.6 is 0 Å². The fourth-order valence-electron chi connectivity index (χ4n) is 3.32. The summed E-state index contributed by atoms with van der Waals surface area (Å²) in [6.07, 6.45) is 1.72. The predicted octanol–water partition coefficient (Wildman–Crippen LogP) is 5.31. The van der Waals surface area contributed by atoms with E-state index in [1.807, 2.05) is 61.5 Å². The number of aryl methyl sites for hydroxylation is 1. The number of hydrogen-bond acceptors (Lipinski definition) is 3. The molecule has 0 saturated carbocycles. The number of amides is 1. The van der Waals surface area contributed by atoms with Crippen molar-refractivity contribution in [3.8, 4) is 17.0 Å². The van der Waals surface area contributed by atoms with E-state index in [4.69, 9.17) is 4.74 Å². The Bertz CT molecular complexity index is 1200. The normalized spacial score (nSPS) is 10.7. The summed E-state index contributed by atoms with van der Waals surface area (Å²) in [5, 5.41) is 7.50. The second kappa shape index (κ2) is 8.83. The van der Waals surface area contributed by atoms with Crippen LogP contribution in [0.25, 0.3) is 11.3 Å². The van der Waals surface area contributed by atoms with E-state index in [-0.39, 0.29) is 5.91 Å². The lowest BCUT2D eigenvalue weighted by molar-refractivity contribution is 0.102. The maximum atomic E-state index is 13.7. The molecule has 31 heavy (non-hydrogen) atoms. The average molecular weight is 415 g/mol. The van der Waals surface area contributed by atoms with Crippen LogP contribution in [-0.2, 0) is 6.54 Å². The summed E-state index contributed by atoms with van der Waals surface area (Å²) in [7, 11) is 1.60. The van der Waals surface area contributed by atoms with Crippen LogP contribution < -0.4 is 10.1 Å². The highest BCUT2D eigenvalue weighted by atomic mass is 19.1. The lowest BCUT2D eigenvalue weighted by Crippen LogP contribution is -2.13. The highest BCUT2D eigenvalue weighted by Gasteiger charge is 2.19. The zero-order valence-corrected chi connectivity index (χ0v) is 17.3. The number of nitrogens with one attached hydrogen (secondary N) is 1. The van der Waals surface area contributed by atoms with Gasteiger partial charge in [0.1, 0.15) is 17.3 Å². The molecule has 0 aliphatic rings. The summed E-state index contributed by atoms with van der Waals surface area (Å²) in [5.41, 5.74) is 4.02. The van der Waals surface area contributed by atoms with Crippen LogP contribution in [0.15, 0.2) is 79.0 Å². The lowest BCUT2D eigenvalue weighted by atomic mass is 10.1. The molecular formula is C25H22FN3O2. The van der Waals surface area contributed by atoms with Gasteiger partial charge in [-0.3, -0.25) is 9.48 Å². The van der Waals surface area contributed by atoms with E-state index in [9.17, 15) is 9.18 Å². The van der Waals surface area contributed by atoms with Crippen molar-refractivity contribution in [1.29, 1.82) is 0 Å². The molecule has 0 aliphatic carbocycles. The molecule has 1 aromatic heterocycles. The Balaban J connectivity index is 1.71.